The predicted molar refractivity (Wildman–Crippen MR) is 71.8 cm³/mol. The van der Waals surface area contributed by atoms with Crippen molar-refractivity contribution in [1.29, 1.82) is 0 Å². The Labute approximate surface area is 114 Å². The topological polar surface area (TPSA) is 69.6 Å². The van der Waals surface area contributed by atoms with Gasteiger partial charge in [0.2, 0.25) is 5.91 Å². The molecule has 0 aromatic rings. The minimum Gasteiger partial charge on any atom is -0.481 e. The summed E-state index contributed by atoms with van der Waals surface area (Å²) in [6.45, 7) is 0.545. The predicted octanol–water partition coefficient (Wildman–Crippen LogP) is 1.23. The first-order valence-corrected chi connectivity index (χ1v) is 7.26. The van der Waals surface area contributed by atoms with E-state index in [0.717, 1.165) is 12.8 Å². The molecule has 2 rings (SSSR count). The van der Waals surface area contributed by atoms with Crippen molar-refractivity contribution in [3.05, 3.63) is 0 Å². The summed E-state index contributed by atoms with van der Waals surface area (Å²) in [5.41, 5.74) is 0. The molecule has 0 aliphatic carbocycles. The number of carbonyl (C=O) groups excluding carboxylic acids is 1. The number of carboxylic acid groups (broad SMARTS) is 1. The molecular weight excluding hydrogens is 244 g/mol. The van der Waals surface area contributed by atoms with Gasteiger partial charge >= 0.3 is 5.97 Å². The standard InChI is InChI=1S/C14H24N2O3/c1-16(6-2-3-14(18)19)13(17)9-10-7-11-4-5-12(8-10)15-11/h10-12,15H,2-9H2,1H3,(H,18,19). The fourth-order valence-corrected chi connectivity index (χ4v) is 3.34. The zero-order valence-electron chi connectivity index (χ0n) is 11.6. The summed E-state index contributed by atoms with van der Waals surface area (Å²) < 4.78 is 0. The average molecular weight is 268 g/mol. The van der Waals surface area contributed by atoms with Crippen molar-refractivity contribution in [2.45, 2.75) is 57.0 Å². The molecule has 2 aliphatic rings. The fraction of sp³-hybridized carbons (Fsp3) is 0.857. The lowest BCUT2D eigenvalue weighted by Crippen LogP contribution is -2.40. The lowest BCUT2D eigenvalue weighted by atomic mass is 9.89. The van der Waals surface area contributed by atoms with Crippen molar-refractivity contribution in [1.82, 2.24) is 10.2 Å². The highest BCUT2D eigenvalue weighted by Crippen LogP contribution is 2.32. The molecule has 2 N–H and O–H groups in total. The number of rotatable bonds is 6. The number of carboxylic acids is 1. The maximum absolute atomic E-state index is 12.1. The van der Waals surface area contributed by atoms with Crippen LogP contribution in [-0.4, -0.2) is 47.6 Å². The lowest BCUT2D eigenvalue weighted by molar-refractivity contribution is -0.138. The Morgan fingerprint density at radius 1 is 1.26 bits per heavy atom. The number of fused-ring (bicyclic) bond motifs is 2. The van der Waals surface area contributed by atoms with Gasteiger partial charge in [0.05, 0.1) is 0 Å². The van der Waals surface area contributed by atoms with Crippen LogP contribution >= 0.6 is 0 Å². The second-order valence-electron chi connectivity index (χ2n) is 5.99. The van der Waals surface area contributed by atoms with E-state index < -0.39 is 5.97 Å². The van der Waals surface area contributed by atoms with Crippen LogP contribution in [0.25, 0.3) is 0 Å². The maximum Gasteiger partial charge on any atom is 0.303 e. The number of aliphatic carboxylic acids is 1. The van der Waals surface area contributed by atoms with Gasteiger partial charge in [0.25, 0.3) is 0 Å². The van der Waals surface area contributed by atoms with Crippen molar-refractivity contribution >= 4 is 11.9 Å². The molecule has 108 valence electrons. The Hall–Kier alpha value is -1.10. The second-order valence-corrected chi connectivity index (χ2v) is 5.99. The van der Waals surface area contributed by atoms with Gasteiger partial charge in [-0.1, -0.05) is 0 Å². The zero-order chi connectivity index (χ0) is 13.8. The fourth-order valence-electron chi connectivity index (χ4n) is 3.34. The summed E-state index contributed by atoms with van der Waals surface area (Å²) in [5, 5.41) is 12.2. The van der Waals surface area contributed by atoms with Crippen LogP contribution in [0.2, 0.25) is 0 Å². The summed E-state index contributed by atoms with van der Waals surface area (Å²) in [6, 6.07) is 1.24. The van der Waals surface area contributed by atoms with Gasteiger partial charge in [-0.25, -0.2) is 0 Å². The van der Waals surface area contributed by atoms with Gasteiger partial charge in [0.15, 0.2) is 0 Å². The van der Waals surface area contributed by atoms with Crippen LogP contribution in [0.5, 0.6) is 0 Å². The number of hydrogen-bond donors (Lipinski definition) is 2. The number of amides is 1. The van der Waals surface area contributed by atoms with Crippen LogP contribution < -0.4 is 5.32 Å². The maximum atomic E-state index is 12.1. The van der Waals surface area contributed by atoms with Crippen molar-refractivity contribution in [3.63, 3.8) is 0 Å². The smallest absolute Gasteiger partial charge is 0.303 e. The number of carbonyl (C=O) groups is 2. The molecule has 2 bridgehead atoms. The summed E-state index contributed by atoms with van der Waals surface area (Å²) in [6.07, 6.45) is 6.03. The molecule has 2 aliphatic heterocycles. The first-order valence-electron chi connectivity index (χ1n) is 7.26. The molecular formula is C14H24N2O3. The van der Waals surface area contributed by atoms with E-state index in [4.69, 9.17) is 5.11 Å². The monoisotopic (exact) mass is 268 g/mol. The van der Waals surface area contributed by atoms with Crippen LogP contribution in [0, 0.1) is 5.92 Å². The highest BCUT2D eigenvalue weighted by molar-refractivity contribution is 5.76. The molecule has 0 radical (unpaired) electrons. The third kappa shape index (κ3) is 4.20. The normalized spacial score (nSPS) is 29.2. The van der Waals surface area contributed by atoms with Crippen molar-refractivity contribution in [3.8, 4) is 0 Å². The summed E-state index contributed by atoms with van der Waals surface area (Å²) >= 11 is 0. The highest BCUT2D eigenvalue weighted by atomic mass is 16.4. The Bertz CT molecular complexity index is 334. The summed E-state index contributed by atoms with van der Waals surface area (Å²) in [4.78, 5) is 24.2. The SMILES string of the molecule is CN(CCCC(=O)O)C(=O)CC1CC2CCC(C1)N2. The van der Waals surface area contributed by atoms with E-state index in [-0.39, 0.29) is 12.3 Å². The van der Waals surface area contributed by atoms with Crippen LogP contribution in [0.4, 0.5) is 0 Å². The molecule has 2 saturated heterocycles. The van der Waals surface area contributed by atoms with Crippen LogP contribution in [0.3, 0.4) is 0 Å². The van der Waals surface area contributed by atoms with Gasteiger partial charge in [-0.2, -0.15) is 0 Å². The zero-order valence-corrected chi connectivity index (χ0v) is 11.6. The number of hydrogen-bond acceptors (Lipinski definition) is 3. The molecule has 2 heterocycles. The first kappa shape index (κ1) is 14.3. The Balaban J connectivity index is 1.69. The van der Waals surface area contributed by atoms with Crippen molar-refractivity contribution in [2.75, 3.05) is 13.6 Å². The van der Waals surface area contributed by atoms with E-state index >= 15 is 0 Å². The molecule has 0 aromatic heterocycles. The minimum absolute atomic E-state index is 0.134. The van der Waals surface area contributed by atoms with E-state index in [2.05, 4.69) is 5.32 Å². The molecule has 0 saturated carbocycles. The number of nitrogens with zero attached hydrogens (tertiary/aromatic N) is 1. The van der Waals surface area contributed by atoms with Gasteiger partial charge in [-0.3, -0.25) is 9.59 Å². The molecule has 19 heavy (non-hydrogen) atoms. The van der Waals surface area contributed by atoms with Gasteiger partial charge in [0, 0.05) is 38.5 Å². The van der Waals surface area contributed by atoms with E-state index in [1.807, 2.05) is 0 Å². The Kier molecular flexibility index (Phi) is 4.80. The molecule has 2 atom stereocenters. The van der Waals surface area contributed by atoms with Gasteiger partial charge < -0.3 is 15.3 Å². The average Bonchev–Trinajstić information content (AvgIpc) is 2.68. The van der Waals surface area contributed by atoms with E-state index in [9.17, 15) is 9.59 Å². The van der Waals surface area contributed by atoms with Gasteiger partial charge in [-0.05, 0) is 38.0 Å². The third-order valence-corrected chi connectivity index (χ3v) is 4.34. The number of nitrogens with one attached hydrogen (secondary N) is 1. The van der Waals surface area contributed by atoms with E-state index in [1.54, 1.807) is 11.9 Å². The Morgan fingerprint density at radius 3 is 2.47 bits per heavy atom. The molecule has 2 fully saturated rings. The molecule has 0 spiro atoms. The largest absolute Gasteiger partial charge is 0.481 e. The first-order chi connectivity index (χ1) is 9.04. The van der Waals surface area contributed by atoms with E-state index in [1.165, 1.54) is 12.8 Å². The number of piperidine rings is 1. The Morgan fingerprint density at radius 2 is 1.89 bits per heavy atom. The molecule has 1 amide bonds. The van der Waals surface area contributed by atoms with E-state index in [0.29, 0.717) is 37.4 Å². The molecule has 0 aromatic carbocycles. The highest BCUT2D eigenvalue weighted by Gasteiger charge is 2.34. The minimum atomic E-state index is -0.796. The summed E-state index contributed by atoms with van der Waals surface area (Å²) in [5.74, 6) is -0.124. The van der Waals surface area contributed by atoms with Crippen molar-refractivity contribution in [2.24, 2.45) is 5.92 Å². The van der Waals surface area contributed by atoms with Gasteiger partial charge in [-0.15, -0.1) is 0 Å². The third-order valence-electron chi connectivity index (χ3n) is 4.34. The van der Waals surface area contributed by atoms with Crippen LogP contribution in [-0.2, 0) is 9.59 Å². The summed E-state index contributed by atoms with van der Waals surface area (Å²) in [7, 11) is 1.78. The van der Waals surface area contributed by atoms with Gasteiger partial charge in [0.1, 0.15) is 0 Å². The molecule has 5 heteroatoms. The van der Waals surface area contributed by atoms with Crippen LogP contribution in [0.15, 0.2) is 0 Å². The lowest BCUT2D eigenvalue weighted by Gasteiger charge is -2.29. The quantitative estimate of drug-likeness (QED) is 0.760. The second kappa shape index (κ2) is 6.37. The van der Waals surface area contributed by atoms with Crippen LogP contribution in [0.1, 0.15) is 44.9 Å². The molecule has 2 unspecified atom stereocenters. The van der Waals surface area contributed by atoms with Crippen molar-refractivity contribution < 1.29 is 14.7 Å². The molecule has 5 nitrogen and oxygen atoms in total.